The van der Waals surface area contributed by atoms with Gasteiger partial charge in [0.05, 0.1) is 7.11 Å². The summed E-state index contributed by atoms with van der Waals surface area (Å²) < 4.78 is 11.4. The van der Waals surface area contributed by atoms with Crippen LogP contribution in [-0.4, -0.2) is 32.3 Å². The van der Waals surface area contributed by atoms with Crippen LogP contribution < -0.4 is 19.7 Å². The molecule has 0 fully saturated rings. The highest BCUT2D eigenvalue weighted by Crippen LogP contribution is 2.34. The quantitative estimate of drug-likeness (QED) is 0.884. The molecule has 0 aliphatic carbocycles. The molecule has 0 spiro atoms. The van der Waals surface area contributed by atoms with E-state index in [9.17, 15) is 0 Å². The fourth-order valence-corrected chi connectivity index (χ4v) is 2.97. The highest BCUT2D eigenvalue weighted by atomic mass is 16.5. The van der Waals surface area contributed by atoms with Crippen LogP contribution in [0.25, 0.3) is 0 Å². The van der Waals surface area contributed by atoms with E-state index in [0.29, 0.717) is 0 Å². The van der Waals surface area contributed by atoms with Gasteiger partial charge in [-0.25, -0.2) is 4.98 Å². The van der Waals surface area contributed by atoms with Crippen molar-refractivity contribution in [1.29, 1.82) is 0 Å². The minimum atomic E-state index is 0.245. The predicted octanol–water partition coefficient (Wildman–Crippen LogP) is 2.77. The third kappa shape index (κ3) is 3.62. The zero-order chi connectivity index (χ0) is 17.1. The summed E-state index contributed by atoms with van der Waals surface area (Å²) in [4.78, 5) is 6.35. The largest absolute Gasteiger partial charge is 0.496 e. The van der Waals surface area contributed by atoms with E-state index in [1.54, 1.807) is 7.11 Å². The number of hydrogen-bond donors (Lipinski definition) is 1. The SMILES string of the molecule is COc1cc2c(cc1CNCc1ccnc(N(C)C)c1)O[C@@H](C)C2. The maximum atomic E-state index is 5.86. The first-order valence-electron chi connectivity index (χ1n) is 8.26. The second-order valence-corrected chi connectivity index (χ2v) is 6.42. The molecule has 0 radical (unpaired) electrons. The van der Waals surface area contributed by atoms with E-state index in [1.165, 1.54) is 11.1 Å². The van der Waals surface area contributed by atoms with E-state index >= 15 is 0 Å². The third-order valence-electron chi connectivity index (χ3n) is 4.21. The van der Waals surface area contributed by atoms with Crippen molar-refractivity contribution in [3.8, 4) is 11.5 Å². The number of pyridine rings is 1. The summed E-state index contributed by atoms with van der Waals surface area (Å²) in [5.74, 6) is 2.87. The average molecular weight is 327 g/mol. The van der Waals surface area contributed by atoms with Gasteiger partial charge in [-0.15, -0.1) is 0 Å². The lowest BCUT2D eigenvalue weighted by atomic mass is 10.1. The standard InChI is InChI=1S/C19H25N3O2/c1-13-7-15-9-17(23-4)16(10-18(15)24-13)12-20-11-14-5-6-21-19(8-14)22(2)3/h5-6,8-10,13,20H,7,11-12H2,1-4H3/t13-/m0/s1. The van der Waals surface area contributed by atoms with Crippen LogP contribution in [0.4, 0.5) is 5.82 Å². The Labute approximate surface area is 143 Å². The van der Waals surface area contributed by atoms with Crippen LogP contribution in [0.2, 0.25) is 0 Å². The summed E-state index contributed by atoms with van der Waals surface area (Å²) in [6.07, 6.45) is 3.04. The Bertz CT molecular complexity index is 716. The van der Waals surface area contributed by atoms with Gasteiger partial charge in [0.25, 0.3) is 0 Å². The van der Waals surface area contributed by atoms with E-state index < -0.39 is 0 Å². The molecule has 1 aromatic heterocycles. The van der Waals surface area contributed by atoms with Gasteiger partial charge in [0.2, 0.25) is 0 Å². The van der Waals surface area contributed by atoms with Crippen molar-refractivity contribution in [1.82, 2.24) is 10.3 Å². The first-order chi connectivity index (χ1) is 11.6. The highest BCUT2D eigenvalue weighted by molar-refractivity contribution is 5.48. The Morgan fingerprint density at radius 2 is 2.12 bits per heavy atom. The topological polar surface area (TPSA) is 46.6 Å². The average Bonchev–Trinajstić information content (AvgIpc) is 2.93. The molecule has 0 saturated heterocycles. The molecule has 24 heavy (non-hydrogen) atoms. The normalized spacial score (nSPS) is 15.8. The molecule has 0 unspecified atom stereocenters. The molecule has 0 saturated carbocycles. The number of benzene rings is 1. The number of hydrogen-bond acceptors (Lipinski definition) is 5. The number of ether oxygens (including phenoxy) is 2. The monoisotopic (exact) mass is 327 g/mol. The first-order valence-corrected chi connectivity index (χ1v) is 8.26. The van der Waals surface area contributed by atoms with Gasteiger partial charge in [-0.2, -0.15) is 0 Å². The Morgan fingerprint density at radius 3 is 2.88 bits per heavy atom. The summed E-state index contributed by atoms with van der Waals surface area (Å²) >= 11 is 0. The van der Waals surface area contributed by atoms with E-state index in [-0.39, 0.29) is 6.10 Å². The number of nitrogens with zero attached hydrogens (tertiary/aromatic N) is 2. The van der Waals surface area contributed by atoms with Crippen LogP contribution in [0.1, 0.15) is 23.6 Å². The molecule has 2 aromatic rings. The number of fused-ring (bicyclic) bond motifs is 1. The Balaban J connectivity index is 1.67. The highest BCUT2D eigenvalue weighted by Gasteiger charge is 2.21. The number of anilines is 1. The van der Waals surface area contributed by atoms with Gasteiger partial charge in [-0.3, -0.25) is 0 Å². The first kappa shape index (κ1) is 16.6. The van der Waals surface area contributed by atoms with E-state index in [4.69, 9.17) is 9.47 Å². The minimum Gasteiger partial charge on any atom is -0.496 e. The van der Waals surface area contributed by atoms with Crippen molar-refractivity contribution < 1.29 is 9.47 Å². The van der Waals surface area contributed by atoms with Crippen molar-refractivity contribution in [2.45, 2.75) is 32.5 Å². The number of nitrogens with one attached hydrogen (secondary N) is 1. The lowest BCUT2D eigenvalue weighted by molar-refractivity contribution is 0.254. The Hall–Kier alpha value is -2.27. The second kappa shape index (κ2) is 7.09. The zero-order valence-electron chi connectivity index (χ0n) is 14.8. The van der Waals surface area contributed by atoms with Crippen molar-refractivity contribution in [3.63, 3.8) is 0 Å². The van der Waals surface area contributed by atoms with Gasteiger partial charge < -0.3 is 19.7 Å². The van der Waals surface area contributed by atoms with Crippen LogP contribution in [0, 0.1) is 0 Å². The van der Waals surface area contributed by atoms with Gasteiger partial charge >= 0.3 is 0 Å². The summed E-state index contributed by atoms with van der Waals surface area (Å²) in [5, 5.41) is 3.48. The third-order valence-corrected chi connectivity index (χ3v) is 4.21. The molecule has 1 aliphatic heterocycles. The molecule has 128 valence electrons. The smallest absolute Gasteiger partial charge is 0.128 e. The fourth-order valence-electron chi connectivity index (χ4n) is 2.97. The lowest BCUT2D eigenvalue weighted by Gasteiger charge is -2.14. The molecule has 3 rings (SSSR count). The van der Waals surface area contributed by atoms with Gasteiger partial charge in [-0.1, -0.05) is 0 Å². The maximum Gasteiger partial charge on any atom is 0.128 e. The zero-order valence-corrected chi connectivity index (χ0v) is 14.8. The molecule has 1 aliphatic rings. The summed E-state index contributed by atoms with van der Waals surface area (Å²) in [7, 11) is 5.71. The molecule has 1 N–H and O–H groups in total. The van der Waals surface area contributed by atoms with E-state index in [1.807, 2.05) is 31.3 Å². The van der Waals surface area contributed by atoms with Gasteiger partial charge in [0.1, 0.15) is 23.4 Å². The Kier molecular flexibility index (Phi) is 4.90. The van der Waals surface area contributed by atoms with E-state index in [2.05, 4.69) is 35.4 Å². The van der Waals surface area contributed by atoms with Crippen LogP contribution in [0.5, 0.6) is 11.5 Å². The summed E-state index contributed by atoms with van der Waals surface area (Å²) in [5.41, 5.74) is 3.55. The molecule has 2 heterocycles. The van der Waals surface area contributed by atoms with Gasteiger partial charge in [0.15, 0.2) is 0 Å². The molecule has 1 atom stereocenters. The summed E-state index contributed by atoms with van der Waals surface area (Å²) in [6.45, 7) is 3.60. The molecule has 5 nitrogen and oxygen atoms in total. The lowest BCUT2D eigenvalue weighted by Crippen LogP contribution is -2.15. The van der Waals surface area contributed by atoms with Crippen LogP contribution in [0.3, 0.4) is 0 Å². The van der Waals surface area contributed by atoms with Crippen LogP contribution in [0.15, 0.2) is 30.5 Å². The van der Waals surface area contributed by atoms with Crippen molar-refractivity contribution in [3.05, 3.63) is 47.2 Å². The summed E-state index contributed by atoms with van der Waals surface area (Å²) in [6, 6.07) is 8.33. The van der Waals surface area contributed by atoms with Crippen LogP contribution in [-0.2, 0) is 19.5 Å². The van der Waals surface area contributed by atoms with Gasteiger partial charge in [0, 0.05) is 50.9 Å². The van der Waals surface area contributed by atoms with Crippen LogP contribution >= 0.6 is 0 Å². The molecular formula is C19H25N3O2. The molecular weight excluding hydrogens is 302 g/mol. The van der Waals surface area contributed by atoms with E-state index in [0.717, 1.165) is 42.4 Å². The number of methoxy groups -OCH3 is 1. The number of rotatable bonds is 6. The molecule has 0 bridgehead atoms. The van der Waals surface area contributed by atoms with Crippen molar-refractivity contribution in [2.24, 2.45) is 0 Å². The fraction of sp³-hybridized carbons (Fsp3) is 0.421. The second-order valence-electron chi connectivity index (χ2n) is 6.42. The van der Waals surface area contributed by atoms with Crippen molar-refractivity contribution >= 4 is 5.82 Å². The van der Waals surface area contributed by atoms with Crippen molar-refractivity contribution in [2.75, 3.05) is 26.1 Å². The maximum absolute atomic E-state index is 5.86. The van der Waals surface area contributed by atoms with Gasteiger partial charge in [-0.05, 0) is 36.8 Å². The predicted molar refractivity (Wildman–Crippen MR) is 95.9 cm³/mol. The number of aromatic nitrogens is 1. The Morgan fingerprint density at radius 1 is 1.29 bits per heavy atom. The minimum absolute atomic E-state index is 0.245. The molecule has 0 amide bonds. The molecule has 1 aromatic carbocycles. The molecule has 5 heteroatoms.